The maximum absolute atomic E-state index is 11.6. The zero-order chi connectivity index (χ0) is 15.8. The molecule has 2 aromatic rings. The van der Waals surface area contributed by atoms with Crippen molar-refractivity contribution in [1.29, 1.82) is 0 Å². The summed E-state index contributed by atoms with van der Waals surface area (Å²) in [5, 5.41) is 6.07. The van der Waals surface area contributed by atoms with Gasteiger partial charge in [0.05, 0.1) is 13.3 Å². The number of hydrogen-bond donors (Lipinski definition) is 2. The fourth-order valence-electron chi connectivity index (χ4n) is 1.55. The first kappa shape index (κ1) is 15.2. The predicted octanol–water partition coefficient (Wildman–Crippen LogP) is 1.18. The van der Waals surface area contributed by atoms with Crippen LogP contribution in [-0.4, -0.2) is 30.1 Å². The van der Waals surface area contributed by atoms with E-state index in [9.17, 15) is 9.59 Å². The number of carbonyl (C=O) groups excluding carboxylic acids is 2. The highest BCUT2D eigenvalue weighted by Gasteiger charge is 2.12. The molecule has 7 heteroatoms. The maximum atomic E-state index is 11.6. The average Bonchev–Trinajstić information content (AvgIpc) is 2.56. The number of pyridine rings is 1. The van der Waals surface area contributed by atoms with Crippen LogP contribution in [0.3, 0.4) is 0 Å². The molecule has 22 heavy (non-hydrogen) atoms. The molecule has 0 aliphatic rings. The lowest BCUT2D eigenvalue weighted by molar-refractivity contribution is -0.136. The molecule has 2 amide bonds. The van der Waals surface area contributed by atoms with Crippen LogP contribution in [0.4, 0.5) is 5.82 Å². The highest BCUT2D eigenvalue weighted by atomic mass is 16.5. The monoisotopic (exact) mass is 298 g/mol. The van der Waals surface area contributed by atoms with Crippen LogP contribution in [0, 0.1) is 0 Å². The first-order valence-electron chi connectivity index (χ1n) is 6.38. The third kappa shape index (κ3) is 4.41. The smallest absolute Gasteiger partial charge is 0.329 e. The summed E-state index contributed by atoms with van der Waals surface area (Å²) in [6, 6.07) is 12.1. The molecule has 0 bridgehead atoms. The topological polar surface area (TPSA) is 92.7 Å². The van der Waals surface area contributed by atoms with Crippen LogP contribution in [-0.2, 0) is 9.59 Å². The zero-order valence-corrected chi connectivity index (χ0v) is 11.8. The number of aromatic nitrogens is 1. The first-order valence-corrected chi connectivity index (χ1v) is 6.38. The van der Waals surface area contributed by atoms with E-state index in [0.717, 1.165) is 5.56 Å². The highest BCUT2D eigenvalue weighted by molar-refractivity contribution is 6.39. The van der Waals surface area contributed by atoms with Crippen molar-refractivity contribution in [3.63, 3.8) is 0 Å². The number of hydrogen-bond acceptors (Lipinski definition) is 5. The van der Waals surface area contributed by atoms with Crippen LogP contribution in [0.1, 0.15) is 5.56 Å². The maximum Gasteiger partial charge on any atom is 0.329 e. The van der Waals surface area contributed by atoms with Crippen LogP contribution in [0.25, 0.3) is 0 Å². The van der Waals surface area contributed by atoms with Crippen molar-refractivity contribution in [1.82, 2.24) is 10.4 Å². The van der Waals surface area contributed by atoms with Crippen LogP contribution in [0.2, 0.25) is 0 Å². The summed E-state index contributed by atoms with van der Waals surface area (Å²) in [6.45, 7) is 0. The number of nitrogens with zero attached hydrogens (tertiary/aromatic N) is 2. The Hall–Kier alpha value is -3.22. The van der Waals surface area contributed by atoms with Crippen LogP contribution >= 0.6 is 0 Å². The van der Waals surface area contributed by atoms with Gasteiger partial charge in [-0.1, -0.05) is 18.2 Å². The van der Waals surface area contributed by atoms with Gasteiger partial charge in [-0.15, -0.1) is 0 Å². The molecule has 0 unspecified atom stereocenters. The molecule has 112 valence electrons. The van der Waals surface area contributed by atoms with Crippen molar-refractivity contribution < 1.29 is 14.3 Å². The van der Waals surface area contributed by atoms with E-state index in [1.165, 1.54) is 12.4 Å². The fourth-order valence-corrected chi connectivity index (χ4v) is 1.55. The molecular weight excluding hydrogens is 284 g/mol. The number of rotatable bonds is 4. The molecule has 0 saturated heterocycles. The van der Waals surface area contributed by atoms with Crippen molar-refractivity contribution >= 4 is 23.8 Å². The lowest BCUT2D eigenvalue weighted by Gasteiger charge is -2.02. The van der Waals surface area contributed by atoms with E-state index >= 15 is 0 Å². The summed E-state index contributed by atoms with van der Waals surface area (Å²) >= 11 is 0. The molecule has 0 aliphatic heterocycles. The Labute approximate surface area is 127 Å². The lowest BCUT2D eigenvalue weighted by Crippen LogP contribution is -2.32. The summed E-state index contributed by atoms with van der Waals surface area (Å²) < 4.78 is 5.07. The van der Waals surface area contributed by atoms with Gasteiger partial charge in [-0.2, -0.15) is 5.10 Å². The Morgan fingerprint density at radius 1 is 1.18 bits per heavy atom. The van der Waals surface area contributed by atoms with Gasteiger partial charge in [0.1, 0.15) is 11.6 Å². The third-order valence-corrected chi connectivity index (χ3v) is 2.59. The number of carbonyl (C=O) groups is 2. The van der Waals surface area contributed by atoms with Crippen molar-refractivity contribution in [3.05, 3.63) is 54.2 Å². The molecule has 0 atom stereocenters. The molecule has 2 N–H and O–H groups in total. The lowest BCUT2D eigenvalue weighted by atomic mass is 10.2. The normalized spacial score (nSPS) is 10.2. The van der Waals surface area contributed by atoms with Gasteiger partial charge in [0, 0.05) is 6.20 Å². The number of methoxy groups -OCH3 is 1. The van der Waals surface area contributed by atoms with Gasteiger partial charge in [0.15, 0.2) is 0 Å². The van der Waals surface area contributed by atoms with Gasteiger partial charge in [0.25, 0.3) is 0 Å². The van der Waals surface area contributed by atoms with Crippen molar-refractivity contribution in [3.8, 4) is 5.75 Å². The van der Waals surface area contributed by atoms with E-state index in [-0.39, 0.29) is 0 Å². The predicted molar refractivity (Wildman–Crippen MR) is 81.6 cm³/mol. The molecule has 2 rings (SSSR count). The van der Waals surface area contributed by atoms with E-state index in [2.05, 4.69) is 20.8 Å². The second-order valence-corrected chi connectivity index (χ2v) is 4.14. The van der Waals surface area contributed by atoms with Gasteiger partial charge >= 0.3 is 11.8 Å². The van der Waals surface area contributed by atoms with Crippen LogP contribution in [0.5, 0.6) is 5.75 Å². The summed E-state index contributed by atoms with van der Waals surface area (Å²) in [6.07, 6.45) is 2.92. The number of ether oxygens (including phenoxy) is 1. The number of benzene rings is 1. The molecule has 1 aromatic heterocycles. The number of hydrazone groups is 1. The molecule has 0 radical (unpaired) electrons. The Balaban J connectivity index is 1.89. The molecule has 0 fully saturated rings. The molecule has 7 nitrogen and oxygen atoms in total. The van der Waals surface area contributed by atoms with E-state index in [1.807, 2.05) is 0 Å². The quantitative estimate of drug-likeness (QED) is 0.503. The standard InChI is InChI=1S/C15H14N4O3/c1-22-12-6-4-5-11(9-12)10-17-19-15(21)14(20)18-13-7-2-3-8-16-13/h2-10H,1H3,(H,19,21)(H,16,18,20)/b17-10-. The minimum absolute atomic E-state index is 0.291. The first-order chi connectivity index (χ1) is 10.7. The van der Waals surface area contributed by atoms with Gasteiger partial charge in [-0.05, 0) is 29.8 Å². The Bertz CT molecular complexity index is 686. The highest BCUT2D eigenvalue weighted by Crippen LogP contribution is 2.10. The van der Waals surface area contributed by atoms with Gasteiger partial charge < -0.3 is 10.1 Å². The minimum atomic E-state index is -0.884. The second-order valence-electron chi connectivity index (χ2n) is 4.14. The van der Waals surface area contributed by atoms with E-state index in [0.29, 0.717) is 11.6 Å². The molecule has 0 aliphatic carbocycles. The van der Waals surface area contributed by atoms with E-state index in [1.54, 1.807) is 49.6 Å². The van der Waals surface area contributed by atoms with Crippen LogP contribution < -0.4 is 15.5 Å². The third-order valence-electron chi connectivity index (χ3n) is 2.59. The van der Waals surface area contributed by atoms with Crippen LogP contribution in [0.15, 0.2) is 53.8 Å². The van der Waals surface area contributed by atoms with Crippen molar-refractivity contribution in [2.24, 2.45) is 5.10 Å². The van der Waals surface area contributed by atoms with Gasteiger partial charge in [-0.25, -0.2) is 10.4 Å². The molecule has 0 saturated carbocycles. The summed E-state index contributed by atoms with van der Waals surface area (Å²) in [4.78, 5) is 27.1. The number of anilines is 1. The average molecular weight is 298 g/mol. The summed E-state index contributed by atoms with van der Waals surface area (Å²) in [7, 11) is 1.56. The Morgan fingerprint density at radius 2 is 2.05 bits per heavy atom. The number of nitrogens with one attached hydrogen (secondary N) is 2. The second kappa shape index (κ2) is 7.53. The molecule has 1 aromatic carbocycles. The summed E-state index contributed by atoms with van der Waals surface area (Å²) in [5.41, 5.74) is 2.87. The van der Waals surface area contributed by atoms with E-state index < -0.39 is 11.8 Å². The van der Waals surface area contributed by atoms with Gasteiger partial charge in [0.2, 0.25) is 0 Å². The van der Waals surface area contributed by atoms with Gasteiger partial charge in [-0.3, -0.25) is 9.59 Å². The summed E-state index contributed by atoms with van der Waals surface area (Å²) in [5.74, 6) is -0.770. The molecule has 0 spiro atoms. The Kier molecular flexibility index (Phi) is 5.20. The minimum Gasteiger partial charge on any atom is -0.497 e. The van der Waals surface area contributed by atoms with Crippen molar-refractivity contribution in [2.75, 3.05) is 12.4 Å². The fraction of sp³-hybridized carbons (Fsp3) is 0.0667. The van der Waals surface area contributed by atoms with E-state index in [4.69, 9.17) is 4.74 Å². The Morgan fingerprint density at radius 3 is 2.77 bits per heavy atom. The largest absolute Gasteiger partial charge is 0.497 e. The SMILES string of the molecule is COc1cccc(/C=N\NC(=O)C(=O)Nc2ccccn2)c1. The molecular formula is C15H14N4O3. The zero-order valence-electron chi connectivity index (χ0n) is 11.8. The molecule has 1 heterocycles. The van der Waals surface area contributed by atoms with Crippen molar-refractivity contribution in [2.45, 2.75) is 0 Å². The number of amides is 2.